The molecule has 1 unspecified atom stereocenters. The normalized spacial score (nSPS) is 14.1. The van der Waals surface area contributed by atoms with Gasteiger partial charge >= 0.3 is 6.18 Å². The largest absolute Gasteiger partial charge is 0.452 e. The fraction of sp³-hybridized carbons (Fsp3) is 0.667. The van der Waals surface area contributed by atoms with E-state index in [4.69, 9.17) is 11.6 Å². The van der Waals surface area contributed by atoms with Crippen molar-refractivity contribution in [3.05, 3.63) is 5.82 Å². The van der Waals surface area contributed by atoms with Gasteiger partial charge in [-0.25, -0.2) is 0 Å². The molecule has 1 atom stereocenters. The van der Waals surface area contributed by atoms with E-state index in [0.717, 1.165) is 0 Å². The van der Waals surface area contributed by atoms with Gasteiger partial charge in [-0.1, -0.05) is 0 Å². The molecule has 3 nitrogen and oxygen atoms in total. The summed E-state index contributed by atoms with van der Waals surface area (Å²) in [6.45, 7) is 1.74. The molecule has 1 heterocycles. The Morgan fingerprint density at radius 3 is 2.64 bits per heavy atom. The van der Waals surface area contributed by atoms with E-state index >= 15 is 0 Å². The molecule has 0 saturated heterocycles. The minimum absolute atomic E-state index is 0.130. The molecule has 0 bridgehead atoms. The lowest BCUT2D eigenvalue weighted by molar-refractivity contribution is -0.144. The van der Waals surface area contributed by atoms with Gasteiger partial charge in [0.2, 0.25) is 11.0 Å². The SMILES string of the molecule is CC(CCl)Nc1nc(C(F)(F)F)ns1. The fourth-order valence-corrected chi connectivity index (χ4v) is 1.42. The Kier molecular flexibility index (Phi) is 3.54. The zero-order valence-electron chi connectivity index (χ0n) is 7.10. The van der Waals surface area contributed by atoms with Crippen LogP contribution in [-0.4, -0.2) is 21.3 Å². The smallest absolute Gasteiger partial charge is 0.357 e. The summed E-state index contributed by atoms with van der Waals surface area (Å²) in [6, 6.07) is -0.134. The molecular formula is C6H7ClF3N3S. The molecule has 0 aliphatic carbocycles. The third-order valence-electron chi connectivity index (χ3n) is 1.28. The quantitative estimate of drug-likeness (QED) is 0.832. The van der Waals surface area contributed by atoms with Crippen LogP contribution >= 0.6 is 23.1 Å². The van der Waals surface area contributed by atoms with E-state index < -0.39 is 12.0 Å². The van der Waals surface area contributed by atoms with Crippen LogP contribution in [0.3, 0.4) is 0 Å². The van der Waals surface area contributed by atoms with Crippen LogP contribution in [0, 0.1) is 0 Å². The van der Waals surface area contributed by atoms with Crippen LogP contribution in [0.2, 0.25) is 0 Å². The van der Waals surface area contributed by atoms with Gasteiger partial charge in [-0.05, 0) is 6.92 Å². The van der Waals surface area contributed by atoms with Crippen molar-refractivity contribution in [1.82, 2.24) is 9.36 Å². The first-order chi connectivity index (χ1) is 6.43. The van der Waals surface area contributed by atoms with Crippen molar-refractivity contribution < 1.29 is 13.2 Å². The van der Waals surface area contributed by atoms with Crippen molar-refractivity contribution in [1.29, 1.82) is 0 Å². The van der Waals surface area contributed by atoms with Crippen LogP contribution in [0.1, 0.15) is 12.7 Å². The lowest BCUT2D eigenvalue weighted by Gasteiger charge is -2.06. The first-order valence-corrected chi connectivity index (χ1v) is 4.97. The predicted octanol–water partition coefficient (Wildman–Crippen LogP) is 2.60. The van der Waals surface area contributed by atoms with Gasteiger partial charge in [0.25, 0.3) is 0 Å². The summed E-state index contributed by atoms with van der Waals surface area (Å²) in [5.74, 6) is -0.826. The van der Waals surface area contributed by atoms with Gasteiger partial charge in [0, 0.05) is 23.5 Å². The molecule has 0 fully saturated rings. The Labute approximate surface area is 87.5 Å². The number of anilines is 1. The van der Waals surface area contributed by atoms with Crippen LogP contribution in [0.5, 0.6) is 0 Å². The molecule has 1 aromatic heterocycles. The average molecular weight is 246 g/mol. The Morgan fingerprint density at radius 2 is 2.21 bits per heavy atom. The third kappa shape index (κ3) is 2.98. The molecule has 14 heavy (non-hydrogen) atoms. The third-order valence-corrected chi connectivity index (χ3v) is 2.39. The predicted molar refractivity (Wildman–Crippen MR) is 48.7 cm³/mol. The number of halogens is 4. The average Bonchev–Trinajstić information content (AvgIpc) is 2.51. The maximum absolute atomic E-state index is 12.0. The highest BCUT2D eigenvalue weighted by atomic mass is 35.5. The molecule has 0 saturated carbocycles. The summed E-state index contributed by atoms with van der Waals surface area (Å²) in [5.41, 5.74) is 0. The fourth-order valence-electron chi connectivity index (χ4n) is 0.647. The minimum atomic E-state index is -4.49. The highest BCUT2D eigenvalue weighted by Gasteiger charge is 2.36. The molecule has 0 amide bonds. The number of alkyl halides is 4. The Balaban J connectivity index is 2.69. The summed E-state index contributed by atoms with van der Waals surface area (Å²) < 4.78 is 39.3. The van der Waals surface area contributed by atoms with Gasteiger partial charge in [0.15, 0.2) is 0 Å². The summed E-state index contributed by atoms with van der Waals surface area (Å²) >= 11 is 6.14. The minimum Gasteiger partial charge on any atom is -0.357 e. The molecule has 1 N–H and O–H groups in total. The van der Waals surface area contributed by atoms with Crippen LogP contribution in [-0.2, 0) is 6.18 Å². The van der Waals surface area contributed by atoms with Crippen molar-refractivity contribution in [2.24, 2.45) is 0 Å². The molecule has 0 aromatic carbocycles. The molecule has 0 aliphatic heterocycles. The highest BCUT2D eigenvalue weighted by Crippen LogP contribution is 2.29. The van der Waals surface area contributed by atoms with Crippen molar-refractivity contribution in [2.75, 3.05) is 11.2 Å². The van der Waals surface area contributed by atoms with Crippen molar-refractivity contribution >= 4 is 28.3 Å². The number of nitrogens with zero attached hydrogens (tertiary/aromatic N) is 2. The number of rotatable bonds is 3. The van der Waals surface area contributed by atoms with E-state index in [9.17, 15) is 13.2 Å². The number of hydrogen-bond acceptors (Lipinski definition) is 4. The van der Waals surface area contributed by atoms with Crippen LogP contribution < -0.4 is 5.32 Å². The second-order valence-electron chi connectivity index (χ2n) is 2.62. The molecule has 1 rings (SSSR count). The van der Waals surface area contributed by atoms with E-state index in [2.05, 4.69) is 14.7 Å². The lowest BCUT2D eigenvalue weighted by Crippen LogP contribution is -2.16. The molecule has 0 aliphatic rings. The van der Waals surface area contributed by atoms with Gasteiger partial charge in [-0.15, -0.1) is 11.6 Å². The lowest BCUT2D eigenvalue weighted by atomic mass is 10.4. The molecular weight excluding hydrogens is 239 g/mol. The maximum atomic E-state index is 12.0. The second kappa shape index (κ2) is 4.31. The van der Waals surface area contributed by atoms with Crippen LogP contribution in [0.4, 0.5) is 18.3 Å². The van der Waals surface area contributed by atoms with Gasteiger partial charge in [0.1, 0.15) is 0 Å². The first-order valence-electron chi connectivity index (χ1n) is 3.67. The van der Waals surface area contributed by atoms with E-state index in [-0.39, 0.29) is 11.2 Å². The summed E-state index contributed by atoms with van der Waals surface area (Å²) in [7, 11) is 0. The zero-order valence-corrected chi connectivity index (χ0v) is 8.67. The summed E-state index contributed by atoms with van der Waals surface area (Å²) in [6.07, 6.45) is -4.49. The van der Waals surface area contributed by atoms with Gasteiger partial charge in [0.05, 0.1) is 0 Å². The Bertz CT molecular complexity index is 301. The number of nitrogens with one attached hydrogen (secondary N) is 1. The van der Waals surface area contributed by atoms with E-state index in [0.29, 0.717) is 17.4 Å². The number of hydrogen-bond donors (Lipinski definition) is 1. The zero-order chi connectivity index (χ0) is 10.8. The molecule has 0 spiro atoms. The molecule has 0 radical (unpaired) electrons. The van der Waals surface area contributed by atoms with Crippen LogP contribution in [0.15, 0.2) is 0 Å². The van der Waals surface area contributed by atoms with Crippen molar-refractivity contribution in [3.8, 4) is 0 Å². The Hall–Kier alpha value is -0.560. The van der Waals surface area contributed by atoms with Gasteiger partial charge in [-0.3, -0.25) is 0 Å². The standard InChI is InChI=1S/C6H7ClF3N3S/c1-3(2-7)11-5-12-4(13-14-5)6(8,9)10/h3H,2H2,1H3,(H,11,12,13). The highest BCUT2D eigenvalue weighted by molar-refractivity contribution is 7.09. The monoisotopic (exact) mass is 245 g/mol. The summed E-state index contributed by atoms with van der Waals surface area (Å²) in [5, 5.41) is 2.83. The van der Waals surface area contributed by atoms with Crippen LogP contribution in [0.25, 0.3) is 0 Å². The molecule has 8 heteroatoms. The van der Waals surface area contributed by atoms with E-state index in [1.54, 1.807) is 6.92 Å². The van der Waals surface area contributed by atoms with Crippen molar-refractivity contribution in [3.63, 3.8) is 0 Å². The van der Waals surface area contributed by atoms with E-state index in [1.165, 1.54) is 0 Å². The topological polar surface area (TPSA) is 37.8 Å². The second-order valence-corrected chi connectivity index (χ2v) is 3.68. The maximum Gasteiger partial charge on any atom is 0.452 e. The summed E-state index contributed by atoms with van der Waals surface area (Å²) in [4.78, 5) is 3.28. The molecule has 1 aromatic rings. The Morgan fingerprint density at radius 1 is 1.57 bits per heavy atom. The van der Waals surface area contributed by atoms with Gasteiger partial charge in [-0.2, -0.15) is 22.5 Å². The molecule has 80 valence electrons. The van der Waals surface area contributed by atoms with E-state index in [1.807, 2.05) is 0 Å². The first kappa shape index (κ1) is 11.5. The van der Waals surface area contributed by atoms with Gasteiger partial charge < -0.3 is 5.32 Å². The van der Waals surface area contributed by atoms with Crippen molar-refractivity contribution in [2.45, 2.75) is 19.1 Å². The number of aromatic nitrogens is 2.